The van der Waals surface area contributed by atoms with Crippen LogP contribution in [-0.4, -0.2) is 25.8 Å². The van der Waals surface area contributed by atoms with Crippen LogP contribution in [0.1, 0.15) is 38.8 Å². The lowest BCUT2D eigenvalue weighted by atomic mass is 9.87. The lowest BCUT2D eigenvalue weighted by Gasteiger charge is -2.19. The Labute approximate surface area is 172 Å². The van der Waals surface area contributed by atoms with Crippen LogP contribution in [0.4, 0.5) is 0 Å². The number of benzene rings is 2. The number of esters is 1. The Kier molecular flexibility index (Phi) is 7.85. The quantitative estimate of drug-likeness (QED) is 0.276. The van der Waals surface area contributed by atoms with Crippen LogP contribution in [0.25, 0.3) is 6.08 Å². The molecule has 2 aromatic carbocycles. The Morgan fingerprint density at radius 2 is 1.48 bits per heavy atom. The van der Waals surface area contributed by atoms with Crippen molar-refractivity contribution < 1.29 is 19.0 Å². The van der Waals surface area contributed by atoms with Crippen molar-refractivity contribution in [1.29, 1.82) is 5.26 Å². The molecule has 0 amide bonds. The first-order chi connectivity index (χ1) is 13.8. The van der Waals surface area contributed by atoms with Gasteiger partial charge in [0.1, 0.15) is 36.4 Å². The Bertz CT molecular complexity index is 869. The van der Waals surface area contributed by atoms with Crippen molar-refractivity contribution >= 4 is 12.0 Å². The largest absolute Gasteiger partial charge is 0.490 e. The van der Waals surface area contributed by atoms with Crippen LogP contribution < -0.4 is 9.47 Å². The summed E-state index contributed by atoms with van der Waals surface area (Å²) in [5, 5.41) is 9.07. The fraction of sp³-hybridized carbons (Fsp3) is 0.333. The molecule has 0 heterocycles. The molecule has 0 spiro atoms. The molecular formula is C24H27NO4. The minimum atomic E-state index is -0.622. The third-order valence-electron chi connectivity index (χ3n) is 4.15. The molecule has 0 bridgehead atoms. The highest BCUT2D eigenvalue weighted by atomic mass is 16.5. The Morgan fingerprint density at radius 1 is 0.966 bits per heavy atom. The van der Waals surface area contributed by atoms with E-state index in [1.807, 2.05) is 18.2 Å². The number of hydrogen-bond acceptors (Lipinski definition) is 5. The van der Waals surface area contributed by atoms with Crippen LogP contribution in [0.15, 0.2) is 54.1 Å². The first-order valence-corrected chi connectivity index (χ1v) is 9.58. The van der Waals surface area contributed by atoms with Crippen molar-refractivity contribution in [2.45, 2.75) is 33.1 Å². The van der Waals surface area contributed by atoms with Crippen molar-refractivity contribution in [3.63, 3.8) is 0 Å². The van der Waals surface area contributed by atoms with Gasteiger partial charge in [0.05, 0.1) is 6.61 Å². The molecule has 0 aliphatic rings. The SMILES string of the molecule is CCOC(=O)/C(C#N)=C\c1ccc(OCCOc2ccc(C(C)(C)C)cc2)cc1. The van der Waals surface area contributed by atoms with E-state index in [1.54, 1.807) is 31.2 Å². The molecule has 2 aromatic rings. The molecule has 0 radical (unpaired) electrons. The van der Waals surface area contributed by atoms with Gasteiger partial charge in [0, 0.05) is 0 Å². The molecule has 0 aromatic heterocycles. The molecule has 0 saturated heterocycles. The summed E-state index contributed by atoms with van der Waals surface area (Å²) in [6.45, 7) is 9.29. The average molecular weight is 393 g/mol. The van der Waals surface area contributed by atoms with Gasteiger partial charge in [-0.3, -0.25) is 0 Å². The van der Waals surface area contributed by atoms with Crippen LogP contribution in [0.3, 0.4) is 0 Å². The average Bonchev–Trinajstić information content (AvgIpc) is 2.70. The second-order valence-corrected chi connectivity index (χ2v) is 7.43. The van der Waals surface area contributed by atoms with Gasteiger partial charge in [0.15, 0.2) is 0 Å². The maximum Gasteiger partial charge on any atom is 0.348 e. The first kappa shape index (κ1) is 22.0. The summed E-state index contributed by atoms with van der Waals surface area (Å²) in [5.41, 5.74) is 2.06. The van der Waals surface area contributed by atoms with Crippen LogP contribution in [0.2, 0.25) is 0 Å². The second kappa shape index (κ2) is 10.3. The van der Waals surface area contributed by atoms with E-state index < -0.39 is 5.97 Å². The summed E-state index contributed by atoms with van der Waals surface area (Å²) >= 11 is 0. The third kappa shape index (κ3) is 7.00. The molecule has 0 fully saturated rings. The van der Waals surface area contributed by atoms with Crippen molar-refractivity contribution in [3.8, 4) is 17.6 Å². The van der Waals surface area contributed by atoms with Crippen LogP contribution >= 0.6 is 0 Å². The van der Waals surface area contributed by atoms with Gasteiger partial charge >= 0.3 is 5.97 Å². The molecule has 29 heavy (non-hydrogen) atoms. The molecule has 0 saturated carbocycles. The van der Waals surface area contributed by atoms with Gasteiger partial charge in [-0.1, -0.05) is 45.0 Å². The zero-order chi connectivity index (χ0) is 21.3. The van der Waals surface area contributed by atoms with Crippen molar-refractivity contribution in [3.05, 3.63) is 65.2 Å². The molecule has 0 N–H and O–H groups in total. The minimum absolute atomic E-state index is 0.0357. The zero-order valence-electron chi connectivity index (χ0n) is 17.4. The number of ether oxygens (including phenoxy) is 3. The molecule has 2 rings (SSSR count). The predicted octanol–water partition coefficient (Wildman–Crippen LogP) is 4.91. The zero-order valence-corrected chi connectivity index (χ0v) is 17.4. The number of carbonyl (C=O) groups excluding carboxylic acids is 1. The maximum absolute atomic E-state index is 11.7. The molecule has 5 nitrogen and oxygen atoms in total. The van der Waals surface area contributed by atoms with Gasteiger partial charge in [-0.15, -0.1) is 0 Å². The van der Waals surface area contributed by atoms with E-state index in [9.17, 15) is 4.79 Å². The maximum atomic E-state index is 11.7. The summed E-state index contributed by atoms with van der Waals surface area (Å²) < 4.78 is 16.2. The lowest BCUT2D eigenvalue weighted by Crippen LogP contribution is -2.11. The normalized spacial score (nSPS) is 11.5. The highest BCUT2D eigenvalue weighted by Crippen LogP contribution is 2.24. The standard InChI is InChI=1S/C24H27NO4/c1-5-27-23(26)19(17-25)16-18-6-10-21(11-7-18)28-14-15-29-22-12-8-20(9-13-22)24(2,3)4/h6-13,16H,5,14-15H2,1-4H3/b19-16-. The lowest BCUT2D eigenvalue weighted by molar-refractivity contribution is -0.137. The topological polar surface area (TPSA) is 68.6 Å². The molecule has 0 unspecified atom stereocenters. The van der Waals surface area contributed by atoms with E-state index in [0.717, 1.165) is 11.3 Å². The van der Waals surface area contributed by atoms with Crippen molar-refractivity contribution in [2.24, 2.45) is 0 Å². The smallest absolute Gasteiger partial charge is 0.348 e. The fourth-order valence-electron chi connectivity index (χ4n) is 2.54. The van der Waals surface area contributed by atoms with E-state index in [4.69, 9.17) is 19.5 Å². The Hall–Kier alpha value is -3.26. The van der Waals surface area contributed by atoms with Gasteiger partial charge in [-0.05, 0) is 53.8 Å². The summed E-state index contributed by atoms with van der Waals surface area (Å²) in [6, 6.07) is 17.1. The molecule has 5 heteroatoms. The Morgan fingerprint density at radius 3 is 1.93 bits per heavy atom. The van der Waals surface area contributed by atoms with Crippen LogP contribution in [-0.2, 0) is 14.9 Å². The minimum Gasteiger partial charge on any atom is -0.490 e. The molecule has 152 valence electrons. The van der Waals surface area contributed by atoms with Gasteiger partial charge in [0.25, 0.3) is 0 Å². The van der Waals surface area contributed by atoms with E-state index >= 15 is 0 Å². The third-order valence-corrected chi connectivity index (χ3v) is 4.15. The summed E-state index contributed by atoms with van der Waals surface area (Å²) in [4.78, 5) is 11.7. The highest BCUT2D eigenvalue weighted by molar-refractivity contribution is 5.97. The number of nitriles is 1. The Balaban J connectivity index is 1.83. The van der Waals surface area contributed by atoms with E-state index in [1.165, 1.54) is 11.6 Å². The number of hydrogen-bond donors (Lipinski definition) is 0. The summed E-state index contributed by atoms with van der Waals surface area (Å²) in [7, 11) is 0. The second-order valence-electron chi connectivity index (χ2n) is 7.43. The van der Waals surface area contributed by atoms with E-state index in [-0.39, 0.29) is 17.6 Å². The monoisotopic (exact) mass is 393 g/mol. The van der Waals surface area contributed by atoms with Crippen LogP contribution in [0.5, 0.6) is 11.5 Å². The highest BCUT2D eigenvalue weighted by Gasteiger charge is 2.13. The first-order valence-electron chi connectivity index (χ1n) is 9.58. The van der Waals surface area contributed by atoms with Gasteiger partial charge in [-0.25, -0.2) is 4.79 Å². The molecule has 0 atom stereocenters. The van der Waals surface area contributed by atoms with E-state index in [2.05, 4.69) is 32.9 Å². The molecular weight excluding hydrogens is 366 g/mol. The van der Waals surface area contributed by atoms with Gasteiger partial charge in [-0.2, -0.15) is 5.26 Å². The van der Waals surface area contributed by atoms with Crippen LogP contribution in [0, 0.1) is 11.3 Å². The number of rotatable bonds is 8. The summed E-state index contributed by atoms with van der Waals surface area (Å²) in [5.74, 6) is 0.872. The number of carbonyl (C=O) groups is 1. The predicted molar refractivity (Wildman–Crippen MR) is 113 cm³/mol. The number of nitrogens with zero attached hydrogens (tertiary/aromatic N) is 1. The van der Waals surface area contributed by atoms with Gasteiger partial charge in [0.2, 0.25) is 0 Å². The van der Waals surface area contributed by atoms with Crippen molar-refractivity contribution in [2.75, 3.05) is 19.8 Å². The molecule has 0 aliphatic heterocycles. The van der Waals surface area contributed by atoms with Crippen molar-refractivity contribution in [1.82, 2.24) is 0 Å². The fourth-order valence-corrected chi connectivity index (χ4v) is 2.54. The molecule has 0 aliphatic carbocycles. The summed E-state index contributed by atoms with van der Waals surface area (Å²) in [6.07, 6.45) is 1.49. The van der Waals surface area contributed by atoms with Gasteiger partial charge < -0.3 is 14.2 Å². The van der Waals surface area contributed by atoms with E-state index in [0.29, 0.717) is 19.0 Å².